The van der Waals surface area contributed by atoms with E-state index in [2.05, 4.69) is 0 Å². The fourth-order valence-electron chi connectivity index (χ4n) is 1.77. The molecule has 1 aliphatic rings. The molecule has 0 saturated heterocycles. The fraction of sp³-hybridized carbons (Fsp3) is 0.500. The molecule has 1 aliphatic carbocycles. The van der Waals surface area contributed by atoms with Gasteiger partial charge < -0.3 is 14.6 Å². The molecule has 0 spiro atoms. The molecule has 3 atom stereocenters. The third-order valence-corrected chi connectivity index (χ3v) is 2.68. The largest absolute Gasteiger partial charge is 0.488 e. The van der Waals surface area contributed by atoms with Crippen molar-refractivity contribution in [3.8, 4) is 5.75 Å². The summed E-state index contributed by atoms with van der Waals surface area (Å²) in [6, 6.07) is 5.84. The van der Waals surface area contributed by atoms with E-state index in [0.29, 0.717) is 18.8 Å². The van der Waals surface area contributed by atoms with Gasteiger partial charge in [0.2, 0.25) is 0 Å². The van der Waals surface area contributed by atoms with Gasteiger partial charge in [-0.2, -0.15) is 0 Å². The van der Waals surface area contributed by atoms with Crippen LogP contribution in [0.5, 0.6) is 5.75 Å². The van der Waals surface area contributed by atoms with E-state index in [-0.39, 0.29) is 18.0 Å². The minimum Gasteiger partial charge on any atom is -0.488 e. The summed E-state index contributed by atoms with van der Waals surface area (Å²) >= 11 is 0. The molecule has 0 amide bonds. The predicted molar refractivity (Wildman–Crippen MR) is 56.9 cm³/mol. The average molecular weight is 226 g/mol. The van der Waals surface area contributed by atoms with Crippen LogP contribution in [-0.2, 0) is 4.74 Å². The molecule has 88 valence electrons. The van der Waals surface area contributed by atoms with E-state index in [1.165, 1.54) is 12.1 Å². The van der Waals surface area contributed by atoms with E-state index in [0.717, 1.165) is 0 Å². The number of hydrogen-bond donors (Lipinski definition) is 1. The molecule has 1 fully saturated rings. The summed E-state index contributed by atoms with van der Waals surface area (Å²) < 4.78 is 23.6. The Morgan fingerprint density at radius 2 is 2.06 bits per heavy atom. The molecule has 2 rings (SSSR count). The van der Waals surface area contributed by atoms with Gasteiger partial charge >= 0.3 is 0 Å². The molecule has 1 aromatic rings. The lowest BCUT2D eigenvalue weighted by molar-refractivity contribution is -0.160. The van der Waals surface area contributed by atoms with Crippen molar-refractivity contribution in [2.45, 2.75) is 31.7 Å². The van der Waals surface area contributed by atoms with Crippen LogP contribution < -0.4 is 4.74 Å². The van der Waals surface area contributed by atoms with Crippen LogP contribution in [0.25, 0.3) is 0 Å². The Morgan fingerprint density at radius 3 is 2.62 bits per heavy atom. The molecule has 3 unspecified atom stereocenters. The molecule has 1 N–H and O–H groups in total. The van der Waals surface area contributed by atoms with Gasteiger partial charge in [-0.05, 0) is 31.2 Å². The normalized spacial score (nSPS) is 28.6. The highest BCUT2D eigenvalue weighted by Gasteiger charge is 2.42. The topological polar surface area (TPSA) is 38.7 Å². The molecule has 1 aromatic carbocycles. The first-order chi connectivity index (χ1) is 7.70. The molecule has 3 nitrogen and oxygen atoms in total. The zero-order valence-corrected chi connectivity index (χ0v) is 9.10. The monoisotopic (exact) mass is 226 g/mol. The van der Waals surface area contributed by atoms with Crippen LogP contribution in [0.15, 0.2) is 24.3 Å². The van der Waals surface area contributed by atoms with Gasteiger partial charge in [0.15, 0.2) is 0 Å². The predicted octanol–water partition coefficient (Wildman–Crippen LogP) is 1.74. The van der Waals surface area contributed by atoms with Crippen molar-refractivity contribution >= 4 is 0 Å². The van der Waals surface area contributed by atoms with E-state index in [9.17, 15) is 9.50 Å². The van der Waals surface area contributed by atoms with E-state index < -0.39 is 6.10 Å². The standard InChI is InChI=1S/C12H15FO3/c1-2-15-12-10(14)7-11(12)16-9-5-3-8(13)4-6-9/h3-6,10-12,14H,2,7H2,1H3. The Balaban J connectivity index is 1.92. The maximum absolute atomic E-state index is 12.7. The zero-order chi connectivity index (χ0) is 11.5. The molecular weight excluding hydrogens is 211 g/mol. The number of halogens is 1. The van der Waals surface area contributed by atoms with Crippen LogP contribution in [0.3, 0.4) is 0 Å². The van der Waals surface area contributed by atoms with Crippen LogP contribution in [0.1, 0.15) is 13.3 Å². The lowest BCUT2D eigenvalue weighted by atomic mass is 9.88. The minimum absolute atomic E-state index is 0.139. The molecule has 0 heterocycles. The molecule has 16 heavy (non-hydrogen) atoms. The minimum atomic E-state index is -0.453. The Kier molecular flexibility index (Phi) is 3.41. The molecule has 0 radical (unpaired) electrons. The Morgan fingerprint density at radius 1 is 1.38 bits per heavy atom. The van der Waals surface area contributed by atoms with Crippen LogP contribution in [0.2, 0.25) is 0 Å². The number of benzene rings is 1. The van der Waals surface area contributed by atoms with Gasteiger partial charge in [-0.15, -0.1) is 0 Å². The van der Waals surface area contributed by atoms with Gasteiger partial charge in [0.1, 0.15) is 23.8 Å². The quantitative estimate of drug-likeness (QED) is 0.850. The molecule has 4 heteroatoms. The number of rotatable bonds is 4. The van der Waals surface area contributed by atoms with E-state index in [1.807, 2.05) is 6.92 Å². The summed E-state index contributed by atoms with van der Waals surface area (Å²) in [5, 5.41) is 9.47. The summed E-state index contributed by atoms with van der Waals surface area (Å²) in [6.45, 7) is 2.42. The summed E-state index contributed by atoms with van der Waals surface area (Å²) in [4.78, 5) is 0. The summed E-state index contributed by atoms with van der Waals surface area (Å²) in [6.07, 6.45) is -0.303. The summed E-state index contributed by atoms with van der Waals surface area (Å²) in [5.74, 6) is 0.311. The van der Waals surface area contributed by atoms with Crippen LogP contribution >= 0.6 is 0 Å². The first-order valence-corrected chi connectivity index (χ1v) is 5.42. The highest BCUT2D eigenvalue weighted by Crippen LogP contribution is 2.29. The molecular formula is C12H15FO3. The van der Waals surface area contributed by atoms with Gasteiger partial charge in [-0.3, -0.25) is 0 Å². The van der Waals surface area contributed by atoms with Crippen molar-refractivity contribution in [2.24, 2.45) is 0 Å². The lowest BCUT2D eigenvalue weighted by Gasteiger charge is -2.40. The maximum Gasteiger partial charge on any atom is 0.130 e. The van der Waals surface area contributed by atoms with E-state index in [1.54, 1.807) is 12.1 Å². The van der Waals surface area contributed by atoms with Crippen LogP contribution in [0, 0.1) is 5.82 Å². The summed E-state index contributed by atoms with van der Waals surface area (Å²) in [7, 11) is 0. The second-order valence-corrected chi connectivity index (χ2v) is 3.83. The van der Waals surface area contributed by atoms with Gasteiger partial charge in [0.25, 0.3) is 0 Å². The van der Waals surface area contributed by atoms with Crippen molar-refractivity contribution in [3.05, 3.63) is 30.1 Å². The second-order valence-electron chi connectivity index (χ2n) is 3.83. The highest BCUT2D eigenvalue weighted by molar-refractivity contribution is 5.23. The SMILES string of the molecule is CCOC1C(O)CC1Oc1ccc(F)cc1. The van der Waals surface area contributed by atoms with Crippen molar-refractivity contribution < 1.29 is 19.0 Å². The van der Waals surface area contributed by atoms with E-state index >= 15 is 0 Å². The third kappa shape index (κ3) is 2.33. The highest BCUT2D eigenvalue weighted by atomic mass is 19.1. The smallest absolute Gasteiger partial charge is 0.130 e. The second kappa shape index (κ2) is 4.80. The van der Waals surface area contributed by atoms with Gasteiger partial charge in [-0.1, -0.05) is 0 Å². The first-order valence-electron chi connectivity index (χ1n) is 5.42. The molecule has 1 saturated carbocycles. The Hall–Kier alpha value is -1.13. The zero-order valence-electron chi connectivity index (χ0n) is 9.10. The van der Waals surface area contributed by atoms with Crippen molar-refractivity contribution in [3.63, 3.8) is 0 Å². The molecule has 0 aliphatic heterocycles. The maximum atomic E-state index is 12.7. The van der Waals surface area contributed by atoms with Crippen molar-refractivity contribution in [1.29, 1.82) is 0 Å². The van der Waals surface area contributed by atoms with Gasteiger partial charge in [0.05, 0.1) is 6.10 Å². The number of aliphatic hydroxyl groups excluding tert-OH is 1. The van der Waals surface area contributed by atoms with Gasteiger partial charge in [-0.25, -0.2) is 4.39 Å². The van der Waals surface area contributed by atoms with Crippen molar-refractivity contribution in [2.75, 3.05) is 6.61 Å². The number of aliphatic hydroxyl groups is 1. The number of ether oxygens (including phenoxy) is 2. The van der Waals surface area contributed by atoms with Crippen LogP contribution in [0.4, 0.5) is 4.39 Å². The van der Waals surface area contributed by atoms with E-state index in [4.69, 9.17) is 9.47 Å². The first kappa shape index (κ1) is 11.4. The van der Waals surface area contributed by atoms with Crippen LogP contribution in [-0.4, -0.2) is 30.0 Å². The Labute approximate surface area is 93.8 Å². The average Bonchev–Trinajstić information content (AvgIpc) is 2.28. The number of hydrogen-bond acceptors (Lipinski definition) is 3. The molecule has 0 bridgehead atoms. The third-order valence-electron chi connectivity index (χ3n) is 2.68. The lowest BCUT2D eigenvalue weighted by Crippen LogP contribution is -2.55. The van der Waals surface area contributed by atoms with Gasteiger partial charge in [0, 0.05) is 13.0 Å². The molecule has 0 aromatic heterocycles. The Bertz CT molecular complexity index is 339. The fourth-order valence-corrected chi connectivity index (χ4v) is 1.77. The summed E-state index contributed by atoms with van der Waals surface area (Å²) in [5.41, 5.74) is 0. The van der Waals surface area contributed by atoms with Crippen molar-refractivity contribution in [1.82, 2.24) is 0 Å².